The number of hydrogen-bond donors (Lipinski definition) is 1. The fourth-order valence-corrected chi connectivity index (χ4v) is 3.42. The van der Waals surface area contributed by atoms with E-state index in [-0.39, 0.29) is 18.3 Å². The summed E-state index contributed by atoms with van der Waals surface area (Å²) in [6.07, 6.45) is 5.17. The number of nitrogens with zero attached hydrogens (tertiary/aromatic N) is 2. The minimum Gasteiger partial charge on any atom is -0.338 e. The van der Waals surface area contributed by atoms with E-state index < -0.39 is 0 Å². The Morgan fingerprint density at radius 2 is 1.84 bits per heavy atom. The van der Waals surface area contributed by atoms with Crippen molar-refractivity contribution in [3.63, 3.8) is 0 Å². The molecule has 25 heavy (non-hydrogen) atoms. The summed E-state index contributed by atoms with van der Waals surface area (Å²) in [7, 11) is 0. The van der Waals surface area contributed by atoms with Gasteiger partial charge in [0.15, 0.2) is 0 Å². The van der Waals surface area contributed by atoms with Crippen LogP contribution in [-0.4, -0.2) is 54.5 Å². The molecule has 0 unspecified atom stereocenters. The number of nitrogens with one attached hydrogen (secondary N) is 1. The Bertz CT molecular complexity index is 513. The lowest BCUT2D eigenvalue weighted by atomic mass is 10.0. The Hall–Kier alpha value is -1.10. The Kier molecular flexibility index (Phi) is 8.20. The predicted octanol–water partition coefficient (Wildman–Crippen LogP) is 2.92. The molecule has 1 aromatic carbocycles. The summed E-state index contributed by atoms with van der Waals surface area (Å²) >= 11 is 0. The molecule has 2 fully saturated rings. The zero-order chi connectivity index (χ0) is 16.8. The van der Waals surface area contributed by atoms with E-state index in [1.54, 1.807) is 0 Å². The monoisotopic (exact) mass is 365 g/mol. The lowest BCUT2D eigenvalue weighted by molar-refractivity contribution is -0.133. The molecule has 0 radical (unpaired) electrons. The average Bonchev–Trinajstić information content (AvgIpc) is 3.44. The van der Waals surface area contributed by atoms with Crippen molar-refractivity contribution in [3.8, 4) is 0 Å². The first-order chi connectivity index (χ1) is 11.7. The topological polar surface area (TPSA) is 35.6 Å². The standard InChI is InChI=1S/C20H31N3O.ClH/c1-2-23(15-18-6-4-3-5-7-18)20(24)16-22-12-10-19(11-13-22)21-14-17-8-9-17;/h3-7,17,19,21H,2,8-16H2,1H3;1H. The summed E-state index contributed by atoms with van der Waals surface area (Å²) in [4.78, 5) is 16.9. The number of halogens is 1. The van der Waals surface area contributed by atoms with E-state index in [2.05, 4.69) is 29.3 Å². The summed E-state index contributed by atoms with van der Waals surface area (Å²) in [6.45, 7) is 7.39. The number of carbonyl (C=O) groups is 1. The summed E-state index contributed by atoms with van der Waals surface area (Å²) in [6, 6.07) is 10.9. The number of amides is 1. The average molecular weight is 366 g/mol. The molecular formula is C20H32ClN3O. The third-order valence-corrected chi connectivity index (χ3v) is 5.29. The van der Waals surface area contributed by atoms with Crippen LogP contribution >= 0.6 is 12.4 Å². The minimum atomic E-state index is 0. The summed E-state index contributed by atoms with van der Waals surface area (Å²) in [5, 5.41) is 3.70. The number of likely N-dealkylation sites (tertiary alicyclic amines) is 1. The number of likely N-dealkylation sites (N-methyl/N-ethyl adjacent to an activating group) is 1. The van der Waals surface area contributed by atoms with E-state index in [4.69, 9.17) is 0 Å². The molecule has 4 nitrogen and oxygen atoms in total. The van der Waals surface area contributed by atoms with Gasteiger partial charge in [0, 0.05) is 32.2 Å². The van der Waals surface area contributed by atoms with E-state index in [0.29, 0.717) is 12.6 Å². The third-order valence-electron chi connectivity index (χ3n) is 5.29. The van der Waals surface area contributed by atoms with Gasteiger partial charge in [0.1, 0.15) is 0 Å². The van der Waals surface area contributed by atoms with Crippen molar-refractivity contribution in [3.05, 3.63) is 35.9 Å². The number of carbonyl (C=O) groups excluding carboxylic acids is 1. The van der Waals surface area contributed by atoms with Gasteiger partial charge in [-0.1, -0.05) is 30.3 Å². The first-order valence-corrected chi connectivity index (χ1v) is 9.52. The van der Waals surface area contributed by atoms with Gasteiger partial charge in [-0.2, -0.15) is 0 Å². The van der Waals surface area contributed by atoms with Crippen LogP contribution in [0.4, 0.5) is 0 Å². The van der Waals surface area contributed by atoms with E-state index in [1.807, 2.05) is 23.1 Å². The van der Waals surface area contributed by atoms with Crippen molar-refractivity contribution in [1.82, 2.24) is 15.1 Å². The van der Waals surface area contributed by atoms with Crippen LogP contribution in [0.15, 0.2) is 30.3 Å². The van der Waals surface area contributed by atoms with Crippen LogP contribution in [0.3, 0.4) is 0 Å². The second-order valence-corrected chi connectivity index (χ2v) is 7.30. The first kappa shape index (κ1) is 20.2. The highest BCUT2D eigenvalue weighted by Crippen LogP contribution is 2.28. The van der Waals surface area contributed by atoms with Crippen LogP contribution in [0.25, 0.3) is 0 Å². The van der Waals surface area contributed by atoms with Gasteiger partial charge < -0.3 is 10.2 Å². The second kappa shape index (κ2) is 10.1. The molecular weight excluding hydrogens is 334 g/mol. The molecule has 1 saturated heterocycles. The maximum absolute atomic E-state index is 12.6. The molecule has 2 aliphatic rings. The second-order valence-electron chi connectivity index (χ2n) is 7.30. The van der Waals surface area contributed by atoms with Gasteiger partial charge in [0.25, 0.3) is 0 Å². The van der Waals surface area contributed by atoms with Gasteiger partial charge in [0.05, 0.1) is 6.54 Å². The molecule has 1 aliphatic heterocycles. The Balaban J connectivity index is 0.00000225. The highest BCUT2D eigenvalue weighted by atomic mass is 35.5. The zero-order valence-electron chi connectivity index (χ0n) is 15.3. The van der Waals surface area contributed by atoms with Crippen molar-refractivity contribution in [2.24, 2.45) is 5.92 Å². The Morgan fingerprint density at radius 1 is 1.16 bits per heavy atom. The molecule has 1 heterocycles. The number of piperidine rings is 1. The van der Waals surface area contributed by atoms with Gasteiger partial charge >= 0.3 is 0 Å². The predicted molar refractivity (Wildman–Crippen MR) is 105 cm³/mol. The van der Waals surface area contributed by atoms with Gasteiger partial charge in [-0.05, 0) is 50.6 Å². The van der Waals surface area contributed by atoms with Crippen molar-refractivity contribution in [2.75, 3.05) is 32.7 Å². The molecule has 1 saturated carbocycles. The van der Waals surface area contributed by atoms with Crippen LogP contribution in [0.1, 0.15) is 38.2 Å². The normalized spacial score (nSPS) is 18.6. The smallest absolute Gasteiger partial charge is 0.237 e. The summed E-state index contributed by atoms with van der Waals surface area (Å²) in [5.74, 6) is 1.20. The molecule has 140 valence electrons. The maximum Gasteiger partial charge on any atom is 0.237 e. The lowest BCUT2D eigenvalue weighted by Gasteiger charge is -2.33. The van der Waals surface area contributed by atoms with Crippen LogP contribution in [0, 0.1) is 5.92 Å². The van der Waals surface area contributed by atoms with Gasteiger partial charge in [0.2, 0.25) is 5.91 Å². The van der Waals surface area contributed by atoms with Crippen molar-refractivity contribution >= 4 is 18.3 Å². The summed E-state index contributed by atoms with van der Waals surface area (Å²) < 4.78 is 0. The molecule has 0 aromatic heterocycles. The number of benzene rings is 1. The van der Waals surface area contributed by atoms with Crippen LogP contribution in [0.5, 0.6) is 0 Å². The first-order valence-electron chi connectivity index (χ1n) is 9.52. The van der Waals surface area contributed by atoms with Gasteiger partial charge in [-0.3, -0.25) is 9.69 Å². The summed E-state index contributed by atoms with van der Waals surface area (Å²) in [5.41, 5.74) is 1.20. The molecule has 3 rings (SSSR count). The molecule has 1 aliphatic carbocycles. The molecule has 1 aromatic rings. The highest BCUT2D eigenvalue weighted by molar-refractivity contribution is 5.85. The third kappa shape index (κ3) is 6.61. The largest absolute Gasteiger partial charge is 0.338 e. The number of hydrogen-bond acceptors (Lipinski definition) is 3. The van der Waals surface area contributed by atoms with E-state index in [9.17, 15) is 4.79 Å². The van der Waals surface area contributed by atoms with Crippen molar-refractivity contribution in [1.29, 1.82) is 0 Å². The van der Waals surface area contributed by atoms with Crippen molar-refractivity contribution < 1.29 is 4.79 Å². The van der Waals surface area contributed by atoms with Crippen LogP contribution < -0.4 is 5.32 Å². The minimum absolute atomic E-state index is 0. The van der Waals surface area contributed by atoms with Crippen molar-refractivity contribution in [2.45, 2.75) is 45.2 Å². The SMILES string of the molecule is CCN(Cc1ccccc1)C(=O)CN1CCC(NCC2CC2)CC1.Cl. The fraction of sp³-hybridized carbons (Fsp3) is 0.650. The molecule has 0 spiro atoms. The highest BCUT2D eigenvalue weighted by Gasteiger charge is 2.25. The van der Waals surface area contributed by atoms with E-state index in [1.165, 1.54) is 37.8 Å². The fourth-order valence-electron chi connectivity index (χ4n) is 3.42. The van der Waals surface area contributed by atoms with Crippen LogP contribution in [-0.2, 0) is 11.3 Å². The molecule has 5 heteroatoms. The Labute approximate surface area is 158 Å². The maximum atomic E-state index is 12.6. The molecule has 0 bridgehead atoms. The zero-order valence-corrected chi connectivity index (χ0v) is 16.1. The van der Waals surface area contributed by atoms with E-state index >= 15 is 0 Å². The molecule has 0 atom stereocenters. The quantitative estimate of drug-likeness (QED) is 0.769. The van der Waals surface area contributed by atoms with Crippen LogP contribution in [0.2, 0.25) is 0 Å². The van der Waals surface area contributed by atoms with E-state index in [0.717, 1.165) is 32.1 Å². The molecule has 1 amide bonds. The molecule has 1 N–H and O–H groups in total. The lowest BCUT2D eigenvalue weighted by Crippen LogP contribution is -2.47. The van der Waals surface area contributed by atoms with Gasteiger partial charge in [-0.25, -0.2) is 0 Å². The number of rotatable bonds is 8. The Morgan fingerprint density at radius 3 is 2.44 bits per heavy atom. The van der Waals surface area contributed by atoms with Gasteiger partial charge in [-0.15, -0.1) is 12.4 Å².